The van der Waals surface area contributed by atoms with Crippen molar-refractivity contribution < 1.29 is 9.84 Å². The Labute approximate surface area is 118 Å². The molecule has 0 amide bonds. The summed E-state index contributed by atoms with van der Waals surface area (Å²) in [6.07, 6.45) is 1.15. The Morgan fingerprint density at radius 2 is 2.10 bits per heavy atom. The maximum atomic E-state index is 11.5. The van der Waals surface area contributed by atoms with Crippen molar-refractivity contribution in [3.05, 3.63) is 64.1 Å². The summed E-state index contributed by atoms with van der Waals surface area (Å²) in [5, 5.41) is 9.75. The van der Waals surface area contributed by atoms with Gasteiger partial charge in [0.05, 0.1) is 12.6 Å². The first-order chi connectivity index (χ1) is 9.58. The van der Waals surface area contributed by atoms with Gasteiger partial charge in [0.1, 0.15) is 12.4 Å². The quantitative estimate of drug-likeness (QED) is 0.909. The van der Waals surface area contributed by atoms with E-state index in [2.05, 4.69) is 0 Å². The van der Waals surface area contributed by atoms with Gasteiger partial charge in [-0.2, -0.15) is 0 Å². The van der Waals surface area contributed by atoms with Crippen LogP contribution in [0.5, 0.6) is 5.75 Å². The van der Waals surface area contributed by atoms with Crippen LogP contribution in [0.15, 0.2) is 47.4 Å². The molecule has 4 nitrogen and oxygen atoms in total. The second-order valence-electron chi connectivity index (χ2n) is 4.80. The van der Waals surface area contributed by atoms with E-state index in [4.69, 9.17) is 4.74 Å². The molecule has 106 valence electrons. The van der Waals surface area contributed by atoms with Gasteiger partial charge in [0.25, 0.3) is 5.56 Å². The van der Waals surface area contributed by atoms with Crippen LogP contribution in [0.1, 0.15) is 24.2 Å². The lowest BCUT2D eigenvalue weighted by atomic mass is 10.1. The van der Waals surface area contributed by atoms with E-state index in [0.29, 0.717) is 18.9 Å². The average Bonchev–Trinajstić information content (AvgIpc) is 2.42. The molecule has 0 bridgehead atoms. The summed E-state index contributed by atoms with van der Waals surface area (Å²) >= 11 is 0. The third kappa shape index (κ3) is 3.48. The Morgan fingerprint density at radius 1 is 1.30 bits per heavy atom. The molecule has 20 heavy (non-hydrogen) atoms. The van der Waals surface area contributed by atoms with E-state index in [-0.39, 0.29) is 5.56 Å². The van der Waals surface area contributed by atoms with E-state index in [9.17, 15) is 9.90 Å². The van der Waals surface area contributed by atoms with Crippen molar-refractivity contribution in [3.63, 3.8) is 0 Å². The van der Waals surface area contributed by atoms with Crippen molar-refractivity contribution >= 4 is 0 Å². The van der Waals surface area contributed by atoms with Crippen LogP contribution < -0.4 is 10.3 Å². The maximum absolute atomic E-state index is 11.5. The van der Waals surface area contributed by atoms with Crippen LogP contribution in [0.4, 0.5) is 0 Å². The summed E-state index contributed by atoms with van der Waals surface area (Å²) in [4.78, 5) is 11.5. The zero-order valence-electron chi connectivity index (χ0n) is 11.7. The SMILES string of the molecule is Cc1ccc(OCCn2ccccc2=O)c([C@H](C)O)c1. The topological polar surface area (TPSA) is 51.5 Å². The van der Waals surface area contributed by atoms with Gasteiger partial charge in [0.2, 0.25) is 0 Å². The second kappa shape index (κ2) is 6.39. The molecule has 0 saturated heterocycles. The third-order valence-electron chi connectivity index (χ3n) is 3.10. The van der Waals surface area contributed by atoms with Crippen LogP contribution in [-0.4, -0.2) is 16.3 Å². The third-order valence-corrected chi connectivity index (χ3v) is 3.10. The van der Waals surface area contributed by atoms with E-state index < -0.39 is 6.10 Å². The van der Waals surface area contributed by atoms with Gasteiger partial charge >= 0.3 is 0 Å². The largest absolute Gasteiger partial charge is 0.491 e. The molecule has 0 spiro atoms. The molecule has 1 aromatic heterocycles. The molecule has 0 fully saturated rings. The normalized spacial score (nSPS) is 12.2. The Balaban J connectivity index is 2.05. The van der Waals surface area contributed by atoms with Crippen LogP contribution in [0.25, 0.3) is 0 Å². The molecular weight excluding hydrogens is 254 g/mol. The van der Waals surface area contributed by atoms with Crippen molar-refractivity contribution in [2.75, 3.05) is 6.61 Å². The fourth-order valence-corrected chi connectivity index (χ4v) is 2.03. The molecule has 0 aliphatic carbocycles. The minimum Gasteiger partial charge on any atom is -0.491 e. The van der Waals surface area contributed by atoms with Crippen molar-refractivity contribution in [2.24, 2.45) is 0 Å². The van der Waals surface area contributed by atoms with Crippen LogP contribution in [-0.2, 0) is 6.54 Å². The van der Waals surface area contributed by atoms with E-state index in [1.807, 2.05) is 31.2 Å². The number of nitrogens with zero attached hydrogens (tertiary/aromatic N) is 1. The number of hydrogen-bond acceptors (Lipinski definition) is 3. The molecule has 2 rings (SSSR count). The number of aromatic nitrogens is 1. The number of aliphatic hydroxyl groups is 1. The highest BCUT2D eigenvalue weighted by Crippen LogP contribution is 2.26. The van der Waals surface area contributed by atoms with Gasteiger partial charge in [-0.1, -0.05) is 17.7 Å². The Hall–Kier alpha value is -2.07. The van der Waals surface area contributed by atoms with Crippen LogP contribution >= 0.6 is 0 Å². The second-order valence-corrected chi connectivity index (χ2v) is 4.80. The summed E-state index contributed by atoms with van der Waals surface area (Å²) in [5.74, 6) is 0.662. The van der Waals surface area contributed by atoms with Gasteiger partial charge in [-0.15, -0.1) is 0 Å². The molecule has 1 atom stereocenters. The number of hydrogen-bond donors (Lipinski definition) is 1. The predicted octanol–water partition coefficient (Wildman–Crippen LogP) is 2.29. The predicted molar refractivity (Wildman–Crippen MR) is 78.0 cm³/mol. The summed E-state index contributed by atoms with van der Waals surface area (Å²) in [6.45, 7) is 4.54. The standard InChI is InChI=1S/C16H19NO3/c1-12-6-7-15(14(11-12)13(2)18)20-10-9-17-8-4-3-5-16(17)19/h3-8,11,13,18H,9-10H2,1-2H3/t13-/m0/s1. The highest BCUT2D eigenvalue weighted by Gasteiger charge is 2.09. The fourth-order valence-electron chi connectivity index (χ4n) is 2.03. The zero-order chi connectivity index (χ0) is 14.5. The molecule has 0 radical (unpaired) electrons. The molecule has 0 saturated carbocycles. The van der Waals surface area contributed by atoms with Crippen molar-refractivity contribution in [3.8, 4) is 5.75 Å². The van der Waals surface area contributed by atoms with Crippen molar-refractivity contribution in [1.29, 1.82) is 0 Å². The molecule has 1 heterocycles. The molecule has 0 unspecified atom stereocenters. The van der Waals surface area contributed by atoms with Gasteiger partial charge < -0.3 is 14.4 Å². The average molecular weight is 273 g/mol. The monoisotopic (exact) mass is 273 g/mol. The summed E-state index contributed by atoms with van der Waals surface area (Å²) in [7, 11) is 0. The van der Waals surface area contributed by atoms with Gasteiger partial charge in [-0.05, 0) is 32.0 Å². The first-order valence-electron chi connectivity index (χ1n) is 6.65. The zero-order valence-corrected chi connectivity index (χ0v) is 11.7. The lowest BCUT2D eigenvalue weighted by Crippen LogP contribution is -2.21. The van der Waals surface area contributed by atoms with Gasteiger partial charge in [0.15, 0.2) is 0 Å². The van der Waals surface area contributed by atoms with E-state index in [0.717, 1.165) is 11.1 Å². The molecule has 2 aromatic rings. The summed E-state index contributed by atoms with van der Waals surface area (Å²) in [5.41, 5.74) is 1.80. The molecule has 1 N–H and O–H groups in total. The molecule has 4 heteroatoms. The van der Waals surface area contributed by atoms with Gasteiger partial charge in [0, 0.05) is 17.8 Å². The number of rotatable bonds is 5. The number of pyridine rings is 1. The van der Waals surface area contributed by atoms with Crippen LogP contribution in [0.2, 0.25) is 0 Å². The lowest BCUT2D eigenvalue weighted by molar-refractivity contribution is 0.190. The Kier molecular flexibility index (Phi) is 4.58. The molecular formula is C16H19NO3. The summed E-state index contributed by atoms with van der Waals surface area (Å²) < 4.78 is 7.29. The van der Waals surface area contributed by atoms with Crippen LogP contribution in [0, 0.1) is 6.92 Å². The number of ether oxygens (including phenoxy) is 1. The van der Waals surface area contributed by atoms with E-state index in [1.54, 1.807) is 23.8 Å². The fraction of sp³-hybridized carbons (Fsp3) is 0.312. The smallest absolute Gasteiger partial charge is 0.250 e. The lowest BCUT2D eigenvalue weighted by Gasteiger charge is -2.14. The number of aliphatic hydroxyl groups excluding tert-OH is 1. The highest BCUT2D eigenvalue weighted by atomic mass is 16.5. The van der Waals surface area contributed by atoms with E-state index in [1.165, 1.54) is 6.07 Å². The summed E-state index contributed by atoms with van der Waals surface area (Å²) in [6, 6.07) is 10.8. The highest BCUT2D eigenvalue weighted by molar-refractivity contribution is 5.38. The van der Waals surface area contributed by atoms with Gasteiger partial charge in [-0.3, -0.25) is 4.79 Å². The number of aryl methyl sites for hydroxylation is 1. The van der Waals surface area contributed by atoms with Crippen molar-refractivity contribution in [2.45, 2.75) is 26.5 Å². The minimum absolute atomic E-state index is 0.0456. The molecule has 1 aromatic carbocycles. The first-order valence-corrected chi connectivity index (χ1v) is 6.65. The maximum Gasteiger partial charge on any atom is 0.250 e. The van der Waals surface area contributed by atoms with E-state index >= 15 is 0 Å². The molecule has 0 aliphatic heterocycles. The first kappa shape index (κ1) is 14.3. The van der Waals surface area contributed by atoms with Gasteiger partial charge in [-0.25, -0.2) is 0 Å². The molecule has 0 aliphatic rings. The van der Waals surface area contributed by atoms with Crippen LogP contribution in [0.3, 0.4) is 0 Å². The Morgan fingerprint density at radius 3 is 2.80 bits per heavy atom. The Bertz CT molecular complexity index is 632. The number of benzene rings is 1. The van der Waals surface area contributed by atoms with Crippen molar-refractivity contribution in [1.82, 2.24) is 4.57 Å². The minimum atomic E-state index is -0.579.